The van der Waals surface area contributed by atoms with E-state index in [1.807, 2.05) is 13.8 Å². The molecule has 1 unspecified atom stereocenters. The van der Waals surface area contributed by atoms with Gasteiger partial charge in [-0.05, 0) is 85.9 Å². The average molecular weight is 1050 g/mol. The Labute approximate surface area is 424 Å². The lowest BCUT2D eigenvalue weighted by Gasteiger charge is -2.62. The molecule has 8 fully saturated rings. The van der Waals surface area contributed by atoms with Crippen LogP contribution in [0, 0.1) is 52.3 Å². The number of fused-ring (bicyclic) bond motifs is 5. The lowest BCUT2D eigenvalue weighted by molar-refractivity contribution is -0.387. The summed E-state index contributed by atoms with van der Waals surface area (Å²) in [7, 11) is 0. The van der Waals surface area contributed by atoms with Crippen molar-refractivity contribution in [1.82, 2.24) is 0 Å². The van der Waals surface area contributed by atoms with Crippen LogP contribution in [0.4, 0.5) is 0 Å². The summed E-state index contributed by atoms with van der Waals surface area (Å²) >= 11 is 0. The van der Waals surface area contributed by atoms with Gasteiger partial charge >= 0.3 is 0 Å². The molecule has 0 bridgehead atoms. The first kappa shape index (κ1) is 57.7. The minimum absolute atomic E-state index is 0.00224. The fourth-order valence-electron chi connectivity index (χ4n) is 14.4. The van der Waals surface area contributed by atoms with Crippen LogP contribution in [-0.4, -0.2) is 233 Å². The molecule has 8 rings (SSSR count). The van der Waals surface area contributed by atoms with Gasteiger partial charge in [-0.1, -0.05) is 27.7 Å². The minimum Gasteiger partial charge on any atom is -0.394 e. The van der Waals surface area contributed by atoms with Gasteiger partial charge in [0.15, 0.2) is 25.2 Å². The second kappa shape index (κ2) is 23.1. The summed E-state index contributed by atoms with van der Waals surface area (Å²) in [6.07, 6.45) is -25.9. The zero-order valence-corrected chi connectivity index (χ0v) is 42.3. The van der Waals surface area contributed by atoms with Gasteiger partial charge in [0.1, 0.15) is 97.0 Å². The van der Waals surface area contributed by atoms with Crippen molar-refractivity contribution < 1.29 is 114 Å². The third-order valence-electron chi connectivity index (χ3n) is 18.9. The molecule has 4 saturated heterocycles. The predicted octanol–water partition coefficient (Wildman–Crippen LogP) is -3.27. The number of carbonyl (C=O) groups excluding carboxylic acids is 2. The lowest BCUT2D eigenvalue weighted by Crippen LogP contribution is -2.66. The molecular weight excluding hydrogens is 969 g/mol. The van der Waals surface area contributed by atoms with Gasteiger partial charge in [0, 0.05) is 31.1 Å². The van der Waals surface area contributed by atoms with Crippen molar-refractivity contribution in [3.05, 3.63) is 0 Å². The van der Waals surface area contributed by atoms with E-state index in [2.05, 4.69) is 13.8 Å². The zero-order chi connectivity index (χ0) is 53.2. The average Bonchev–Trinajstić information content (AvgIpc) is 3.64. The molecule has 23 heteroatoms. The van der Waals surface area contributed by atoms with E-state index in [0.29, 0.717) is 32.1 Å². The number of Topliss-reactive ketones (excluding diaryl/α,β-unsaturated/α-hetero) is 2. The van der Waals surface area contributed by atoms with Gasteiger partial charge in [-0.2, -0.15) is 0 Å². The van der Waals surface area contributed by atoms with Crippen LogP contribution in [0.2, 0.25) is 0 Å². The van der Waals surface area contributed by atoms with E-state index < -0.39 is 171 Å². The SMILES string of the molecule is CC(CCC(=O)[C@@H](C)[C@H]1C(=O)C[C@H]2[C@@H]3CC[C@H]4C[C@@H](O[C@@H]5O[C@H](CO)[C@@H](O[C@@H]6OC[C@H](O)[C@H](O)[C@H]6O)[C@H](O)[C@H]5O[C@@H]5O[C@@H](C)[C@H](O)[C@@H](O)[C@H]5O)C[C@@H](O)[C@]4(C)[C@H]3CC[C@]12C)CO[C@@H]1O[C@H](CO)[C@@H](O)[C@H](O)[C@H]1O. The summed E-state index contributed by atoms with van der Waals surface area (Å²) in [5.41, 5.74) is -1.02. The Kier molecular flexibility index (Phi) is 18.2. The molecule has 4 aliphatic heterocycles. The number of ether oxygens (including phenoxy) is 8. The van der Waals surface area contributed by atoms with Crippen LogP contribution in [-0.2, 0) is 47.5 Å². The van der Waals surface area contributed by atoms with E-state index >= 15 is 0 Å². The fraction of sp³-hybridized carbons (Fsp3) is 0.960. The quantitative estimate of drug-likeness (QED) is 0.0675. The van der Waals surface area contributed by atoms with E-state index in [1.54, 1.807) is 0 Å². The van der Waals surface area contributed by atoms with Crippen LogP contribution in [0.15, 0.2) is 0 Å². The molecule has 0 aromatic heterocycles. The smallest absolute Gasteiger partial charge is 0.187 e. The molecule has 0 radical (unpaired) electrons. The van der Waals surface area contributed by atoms with E-state index in [4.69, 9.17) is 37.9 Å². The molecule has 23 nitrogen and oxygen atoms in total. The molecule has 0 spiro atoms. The maximum Gasteiger partial charge on any atom is 0.187 e. The molecule has 73 heavy (non-hydrogen) atoms. The monoisotopic (exact) mass is 1050 g/mol. The van der Waals surface area contributed by atoms with Crippen molar-refractivity contribution in [2.24, 2.45) is 52.3 Å². The van der Waals surface area contributed by atoms with Crippen molar-refractivity contribution in [2.45, 2.75) is 221 Å². The summed E-state index contributed by atoms with van der Waals surface area (Å²) in [6.45, 7) is 7.73. The van der Waals surface area contributed by atoms with Crippen LogP contribution < -0.4 is 0 Å². The number of aliphatic hydroxyl groups excluding tert-OH is 13. The van der Waals surface area contributed by atoms with Crippen molar-refractivity contribution in [2.75, 3.05) is 26.4 Å². The minimum atomic E-state index is -1.80. The highest BCUT2D eigenvalue weighted by atomic mass is 16.8. The number of ketones is 2. The highest BCUT2D eigenvalue weighted by molar-refractivity contribution is 5.92. The molecule has 8 aliphatic rings. The molecule has 4 saturated carbocycles. The maximum atomic E-state index is 14.1. The van der Waals surface area contributed by atoms with Gasteiger partial charge in [0.2, 0.25) is 0 Å². The Morgan fingerprint density at radius 2 is 1.33 bits per heavy atom. The zero-order valence-electron chi connectivity index (χ0n) is 42.3. The van der Waals surface area contributed by atoms with Gasteiger partial charge in [0.05, 0.1) is 44.7 Å². The largest absolute Gasteiger partial charge is 0.394 e. The van der Waals surface area contributed by atoms with Gasteiger partial charge in [-0.15, -0.1) is 0 Å². The number of carbonyl (C=O) groups is 2. The van der Waals surface area contributed by atoms with Crippen LogP contribution in [0.3, 0.4) is 0 Å². The Hall–Kier alpha value is -1.50. The number of hydrogen-bond acceptors (Lipinski definition) is 23. The van der Waals surface area contributed by atoms with Gasteiger partial charge < -0.3 is 104 Å². The Morgan fingerprint density at radius 3 is 2.03 bits per heavy atom. The number of hydrogen-bond donors (Lipinski definition) is 13. The molecule has 420 valence electrons. The van der Waals surface area contributed by atoms with E-state index in [9.17, 15) is 76.0 Å². The highest BCUT2D eigenvalue weighted by Crippen LogP contribution is 2.68. The highest BCUT2D eigenvalue weighted by Gasteiger charge is 2.66. The molecule has 0 aromatic carbocycles. The maximum absolute atomic E-state index is 14.1. The third kappa shape index (κ3) is 10.9. The Balaban J connectivity index is 0.911. The standard InChI is InChI=1S/C50H82O23/c1-19(17-66-45-40(63)38(61)36(59)30(15-51)70-45)6-9-27(53)20(2)33-28(54)14-26-24-8-7-22-12-23(13-32(56)50(22,5)25(24)10-11-49(26,33)4)69-48-44(73-47-41(64)37(60)34(57)21(3)68-47)42(65)43(31(16-52)71-48)72-46-39(62)35(58)29(55)18-67-46/h19-26,29-48,51-52,55-65H,6-18H2,1-5H3/t19?,20-,21+,22+,23-,24-,25+,26+,29+,30-,31-,32-,33+,34+,35+,36-,37-,38+,39-,40-,41-,42+,43-,44-,45-,46+,47+,48-,49+,50+/m1/s1. The topological polar surface area (TPSA) is 371 Å². The second-order valence-corrected chi connectivity index (χ2v) is 23.2. The molecular formula is C50H82O23. The van der Waals surface area contributed by atoms with E-state index in [1.165, 1.54) is 6.92 Å². The molecule has 0 amide bonds. The third-order valence-corrected chi connectivity index (χ3v) is 18.9. The first-order chi connectivity index (χ1) is 34.5. The molecule has 4 aliphatic carbocycles. The number of rotatable bonds is 16. The summed E-state index contributed by atoms with van der Waals surface area (Å²) in [6, 6.07) is 0. The van der Waals surface area contributed by atoms with Crippen molar-refractivity contribution in [3.63, 3.8) is 0 Å². The van der Waals surface area contributed by atoms with Crippen LogP contribution in [0.5, 0.6) is 0 Å². The Morgan fingerprint density at radius 1 is 0.685 bits per heavy atom. The van der Waals surface area contributed by atoms with Gasteiger partial charge in [0.25, 0.3) is 0 Å². The summed E-state index contributed by atoms with van der Waals surface area (Å²) in [5.74, 6) is -1.05. The predicted molar refractivity (Wildman–Crippen MR) is 246 cm³/mol. The van der Waals surface area contributed by atoms with Gasteiger partial charge in [-0.3, -0.25) is 9.59 Å². The van der Waals surface area contributed by atoms with Crippen molar-refractivity contribution in [3.8, 4) is 0 Å². The van der Waals surface area contributed by atoms with Crippen LogP contribution in [0.1, 0.15) is 92.4 Å². The summed E-state index contributed by atoms with van der Waals surface area (Å²) in [4.78, 5) is 28.0. The second-order valence-electron chi connectivity index (χ2n) is 23.2. The molecule has 4 heterocycles. The fourth-order valence-corrected chi connectivity index (χ4v) is 14.4. The van der Waals surface area contributed by atoms with Crippen molar-refractivity contribution >= 4 is 11.6 Å². The van der Waals surface area contributed by atoms with Crippen molar-refractivity contribution in [1.29, 1.82) is 0 Å². The molecule has 13 N–H and O–H groups in total. The van der Waals surface area contributed by atoms with E-state index in [0.717, 1.165) is 12.8 Å². The van der Waals surface area contributed by atoms with Crippen LogP contribution >= 0.6 is 0 Å². The summed E-state index contributed by atoms with van der Waals surface area (Å²) in [5, 5.41) is 138. The number of aliphatic hydroxyl groups is 13. The lowest BCUT2D eigenvalue weighted by atomic mass is 9.43. The first-order valence-corrected chi connectivity index (χ1v) is 26.4. The van der Waals surface area contributed by atoms with E-state index in [-0.39, 0.29) is 60.6 Å². The normalized spacial score (nSPS) is 52.2. The Bertz CT molecular complexity index is 1860. The first-order valence-electron chi connectivity index (χ1n) is 26.4. The van der Waals surface area contributed by atoms with Gasteiger partial charge in [-0.25, -0.2) is 0 Å². The molecule has 30 atom stereocenters. The summed E-state index contributed by atoms with van der Waals surface area (Å²) < 4.78 is 47.1. The van der Waals surface area contributed by atoms with Crippen LogP contribution in [0.25, 0.3) is 0 Å². The molecule has 0 aromatic rings.